The first-order valence-corrected chi connectivity index (χ1v) is 13.6. The van der Waals surface area contributed by atoms with Crippen molar-refractivity contribution in [2.45, 2.75) is 12.1 Å². The van der Waals surface area contributed by atoms with Gasteiger partial charge in [0.25, 0.3) is 0 Å². The van der Waals surface area contributed by atoms with Gasteiger partial charge in [0.1, 0.15) is 36.8 Å². The Morgan fingerprint density at radius 1 is 0.972 bits per heavy atom. The third-order valence-corrected chi connectivity index (χ3v) is 8.08. The van der Waals surface area contributed by atoms with Crippen molar-refractivity contribution in [1.29, 1.82) is 0 Å². The number of hydrogen-bond acceptors (Lipinski definition) is 2. The molecule has 3 aromatic carbocycles. The van der Waals surface area contributed by atoms with Gasteiger partial charge in [0.15, 0.2) is 0 Å². The zero-order valence-corrected chi connectivity index (χ0v) is 23.3. The lowest BCUT2D eigenvalue weighted by Crippen LogP contribution is -3.00. The number of quaternary nitrogens is 1. The Labute approximate surface area is 231 Å². The lowest BCUT2D eigenvalue weighted by atomic mass is 9.88. The first-order chi connectivity index (χ1) is 16.5. The number of benzene rings is 3. The summed E-state index contributed by atoms with van der Waals surface area (Å²) in [5.74, 6) is -1.67. The summed E-state index contributed by atoms with van der Waals surface area (Å²) in [6.45, 7) is 5.31. The van der Waals surface area contributed by atoms with Crippen LogP contribution < -0.4 is 21.3 Å². The Hall–Kier alpha value is -1.97. The van der Waals surface area contributed by atoms with Crippen molar-refractivity contribution in [3.63, 3.8) is 0 Å². The van der Waals surface area contributed by atoms with Crippen molar-refractivity contribution in [1.82, 2.24) is 0 Å². The highest BCUT2D eigenvalue weighted by atomic mass is 79.9. The van der Waals surface area contributed by atoms with Crippen LogP contribution in [0.1, 0.15) is 17.2 Å². The summed E-state index contributed by atoms with van der Waals surface area (Å²) < 4.78 is 55.1. The molecule has 1 fully saturated rings. The molecule has 0 spiro atoms. The van der Waals surface area contributed by atoms with Crippen LogP contribution >= 0.6 is 23.2 Å². The van der Waals surface area contributed by atoms with Crippen molar-refractivity contribution in [2.24, 2.45) is 0 Å². The minimum atomic E-state index is -3.81. The first-order valence-electron chi connectivity index (χ1n) is 11.0. The molecule has 0 aromatic heterocycles. The molecule has 0 N–H and O–H groups in total. The summed E-state index contributed by atoms with van der Waals surface area (Å²) in [6, 6.07) is 17.2. The van der Waals surface area contributed by atoms with Gasteiger partial charge in [0.2, 0.25) is 10.0 Å². The maximum atomic E-state index is 14.0. The van der Waals surface area contributed by atoms with Crippen molar-refractivity contribution >= 4 is 38.9 Å². The minimum absolute atomic E-state index is 0. The van der Waals surface area contributed by atoms with E-state index in [0.29, 0.717) is 34.2 Å². The molecule has 0 amide bonds. The molecule has 0 unspecified atom stereocenters. The number of nitrogens with zero attached hydrogens (tertiary/aromatic N) is 2. The van der Waals surface area contributed by atoms with Gasteiger partial charge in [0, 0.05) is 27.2 Å². The summed E-state index contributed by atoms with van der Waals surface area (Å²) in [7, 11) is -3.81. The van der Waals surface area contributed by atoms with Crippen LogP contribution in [-0.2, 0) is 10.0 Å². The summed E-state index contributed by atoms with van der Waals surface area (Å²) in [6.07, 6.45) is 2.86. The Bertz CT molecular complexity index is 1270. The monoisotopic (exact) mass is 616 g/mol. The van der Waals surface area contributed by atoms with E-state index in [4.69, 9.17) is 23.2 Å². The maximum Gasteiger partial charge on any atom is 0.232 e. The number of likely N-dealkylation sites (tertiary alicyclic amines) is 1. The average Bonchev–Trinajstić information content (AvgIpc) is 2.74. The van der Waals surface area contributed by atoms with E-state index in [1.54, 1.807) is 0 Å². The molecule has 1 saturated heterocycles. The van der Waals surface area contributed by atoms with Crippen LogP contribution in [-0.4, -0.2) is 44.8 Å². The highest BCUT2D eigenvalue weighted by Crippen LogP contribution is 2.43. The highest BCUT2D eigenvalue weighted by molar-refractivity contribution is 7.92. The molecule has 0 aliphatic carbocycles. The highest BCUT2D eigenvalue weighted by Gasteiger charge is 2.53. The standard InChI is InChI=1S/C26H25Cl2F2N2O2S.BrH/c1-3-12-32(26(18-4-8-20(27)9-5-18)19-6-10-21(28)11-7-19)16-25(17-32)31(35(2,33)34)24-14-22(29)13-23(30)15-24;/h3-11,13-15,25-26H,1,12,16-17H2,2H3;1H/q+1;/p-1. The van der Waals surface area contributed by atoms with Crippen molar-refractivity contribution < 1.29 is 38.7 Å². The maximum absolute atomic E-state index is 14.0. The molecule has 4 rings (SSSR count). The topological polar surface area (TPSA) is 37.4 Å². The van der Waals surface area contributed by atoms with Gasteiger partial charge in [-0.25, -0.2) is 17.2 Å². The fourth-order valence-corrected chi connectivity index (χ4v) is 6.53. The van der Waals surface area contributed by atoms with Gasteiger partial charge < -0.3 is 21.5 Å². The molecular formula is C26H25BrCl2F2N2O2S. The van der Waals surface area contributed by atoms with E-state index < -0.39 is 27.7 Å². The minimum Gasteiger partial charge on any atom is -1.00 e. The molecule has 0 bridgehead atoms. The predicted octanol–water partition coefficient (Wildman–Crippen LogP) is 3.22. The van der Waals surface area contributed by atoms with Crippen molar-refractivity contribution in [2.75, 3.05) is 30.2 Å². The zero-order valence-electron chi connectivity index (χ0n) is 19.4. The molecule has 4 nitrogen and oxygen atoms in total. The van der Waals surface area contributed by atoms with E-state index in [9.17, 15) is 17.2 Å². The third-order valence-electron chi connectivity index (χ3n) is 6.35. The van der Waals surface area contributed by atoms with Crippen LogP contribution in [0.2, 0.25) is 10.0 Å². The van der Waals surface area contributed by atoms with E-state index in [2.05, 4.69) is 6.58 Å². The van der Waals surface area contributed by atoms with Crippen molar-refractivity contribution in [3.8, 4) is 0 Å². The van der Waals surface area contributed by atoms with Crippen LogP contribution in [0.4, 0.5) is 14.5 Å². The van der Waals surface area contributed by atoms with Gasteiger partial charge in [-0.3, -0.25) is 4.31 Å². The lowest BCUT2D eigenvalue weighted by Gasteiger charge is -2.56. The first kappa shape index (κ1) is 28.6. The van der Waals surface area contributed by atoms with E-state index in [-0.39, 0.29) is 28.7 Å². The van der Waals surface area contributed by atoms with E-state index in [1.165, 1.54) is 0 Å². The fraction of sp³-hybridized carbons (Fsp3) is 0.231. The van der Waals surface area contributed by atoms with E-state index >= 15 is 0 Å². The van der Waals surface area contributed by atoms with Gasteiger partial charge in [-0.2, -0.15) is 0 Å². The third kappa shape index (κ3) is 5.94. The number of rotatable bonds is 8. The fourth-order valence-electron chi connectivity index (χ4n) is 5.11. The van der Waals surface area contributed by atoms with Gasteiger partial charge in [0.05, 0.1) is 18.5 Å². The molecular weight excluding hydrogens is 593 g/mol. The number of sulfonamides is 1. The predicted molar refractivity (Wildman–Crippen MR) is 137 cm³/mol. The average molecular weight is 618 g/mol. The van der Waals surface area contributed by atoms with Gasteiger partial charge >= 0.3 is 0 Å². The van der Waals surface area contributed by atoms with Crippen molar-refractivity contribution in [3.05, 3.63) is 112 Å². The molecule has 1 heterocycles. The van der Waals surface area contributed by atoms with Crippen LogP contribution in [0.25, 0.3) is 0 Å². The Morgan fingerprint density at radius 2 is 1.42 bits per heavy atom. The van der Waals surface area contributed by atoms with Crippen LogP contribution in [0.15, 0.2) is 79.4 Å². The molecule has 1 aliphatic heterocycles. The smallest absolute Gasteiger partial charge is 0.232 e. The van der Waals surface area contributed by atoms with Crippen LogP contribution in [0, 0.1) is 11.6 Å². The quantitative estimate of drug-likeness (QED) is 0.288. The zero-order chi connectivity index (χ0) is 25.4. The summed E-state index contributed by atoms with van der Waals surface area (Å²) in [4.78, 5) is 0. The van der Waals surface area contributed by atoms with E-state index in [1.807, 2.05) is 54.6 Å². The van der Waals surface area contributed by atoms with Gasteiger partial charge in [-0.1, -0.05) is 54.0 Å². The number of anilines is 1. The normalized spacial score (nSPS) is 19.3. The molecule has 192 valence electrons. The number of hydrogen-bond donors (Lipinski definition) is 0. The molecule has 36 heavy (non-hydrogen) atoms. The molecule has 0 radical (unpaired) electrons. The number of halogens is 5. The molecule has 3 aromatic rings. The largest absolute Gasteiger partial charge is 1.00 e. The molecule has 1 aliphatic rings. The summed E-state index contributed by atoms with van der Waals surface area (Å²) in [5, 5.41) is 1.22. The van der Waals surface area contributed by atoms with Crippen LogP contribution in [0.5, 0.6) is 0 Å². The van der Waals surface area contributed by atoms with E-state index in [0.717, 1.165) is 39.9 Å². The Kier molecular flexibility index (Phi) is 8.89. The molecule has 10 heteroatoms. The SMILES string of the molecule is C=CC[N+]1(C(c2ccc(Cl)cc2)c2ccc(Cl)cc2)CC(N(c2cc(F)cc(F)c2)S(C)(=O)=O)C1.[Br-]. The second-order valence-corrected chi connectivity index (χ2v) is 11.6. The Balaban J connectivity index is 0.00000361. The second-order valence-electron chi connectivity index (χ2n) is 8.90. The summed E-state index contributed by atoms with van der Waals surface area (Å²) in [5.41, 5.74) is 1.97. The van der Waals surface area contributed by atoms with Gasteiger partial charge in [-0.05, 0) is 42.5 Å². The molecule has 0 atom stereocenters. The van der Waals surface area contributed by atoms with Crippen LogP contribution in [0.3, 0.4) is 0 Å². The Morgan fingerprint density at radius 3 is 1.81 bits per heavy atom. The summed E-state index contributed by atoms with van der Waals surface area (Å²) >= 11 is 12.3. The second kappa shape index (κ2) is 11.2. The molecule has 0 saturated carbocycles. The lowest BCUT2D eigenvalue weighted by molar-refractivity contribution is -0.982. The van der Waals surface area contributed by atoms with Gasteiger partial charge in [-0.15, -0.1) is 0 Å².